The molecule has 0 saturated heterocycles. The maximum atomic E-state index is 11.3. The zero-order chi connectivity index (χ0) is 14.0. The summed E-state index contributed by atoms with van der Waals surface area (Å²) in [6, 6.07) is 12.2. The smallest absolute Gasteiger partial charge is 0.238 e. The van der Waals surface area contributed by atoms with Crippen LogP contribution in [0, 0.1) is 0 Å². The number of benzene rings is 2. The van der Waals surface area contributed by atoms with Crippen LogP contribution >= 0.6 is 27.7 Å². The third kappa shape index (κ3) is 3.97. The van der Waals surface area contributed by atoms with Gasteiger partial charge in [-0.25, -0.2) is 13.6 Å². The Morgan fingerprint density at radius 3 is 2.21 bits per heavy atom. The van der Waals surface area contributed by atoms with Crippen LogP contribution in [0.1, 0.15) is 0 Å². The number of nitrogens with two attached hydrogens (primary N) is 2. The van der Waals surface area contributed by atoms with Crippen molar-refractivity contribution in [1.29, 1.82) is 0 Å². The normalized spacial score (nSPS) is 11.5. The Bertz CT molecular complexity index is 700. The lowest BCUT2D eigenvalue weighted by molar-refractivity contribution is 0.597. The maximum absolute atomic E-state index is 11.3. The van der Waals surface area contributed by atoms with Gasteiger partial charge in [0.1, 0.15) is 0 Å². The minimum Gasteiger partial charge on any atom is -0.399 e. The van der Waals surface area contributed by atoms with Crippen LogP contribution in [-0.2, 0) is 10.0 Å². The van der Waals surface area contributed by atoms with E-state index in [2.05, 4.69) is 15.9 Å². The summed E-state index contributed by atoms with van der Waals surface area (Å²) in [4.78, 5) is 1.73. The van der Waals surface area contributed by atoms with E-state index in [-0.39, 0.29) is 4.90 Å². The predicted octanol–water partition coefficient (Wildman–Crippen LogP) is 2.83. The summed E-state index contributed by atoms with van der Waals surface area (Å²) in [6.45, 7) is 0. The number of hydrogen-bond acceptors (Lipinski definition) is 4. The molecule has 100 valence electrons. The highest BCUT2D eigenvalue weighted by Gasteiger charge is 2.10. The number of anilines is 1. The van der Waals surface area contributed by atoms with Gasteiger partial charge in [-0.1, -0.05) is 27.7 Å². The Kier molecular flexibility index (Phi) is 4.19. The minimum atomic E-state index is -3.75. The monoisotopic (exact) mass is 358 g/mol. The van der Waals surface area contributed by atoms with E-state index in [1.165, 1.54) is 23.9 Å². The molecule has 7 heteroatoms. The molecule has 0 unspecified atom stereocenters. The summed E-state index contributed by atoms with van der Waals surface area (Å²) in [6.07, 6.45) is 0. The molecule has 2 aromatic rings. The molecule has 0 spiro atoms. The van der Waals surface area contributed by atoms with Crippen LogP contribution in [0.3, 0.4) is 0 Å². The van der Waals surface area contributed by atoms with Gasteiger partial charge in [-0.05, 0) is 42.5 Å². The van der Waals surface area contributed by atoms with Gasteiger partial charge in [-0.3, -0.25) is 0 Å². The van der Waals surface area contributed by atoms with Gasteiger partial charge >= 0.3 is 0 Å². The van der Waals surface area contributed by atoms with Crippen molar-refractivity contribution in [1.82, 2.24) is 0 Å². The van der Waals surface area contributed by atoms with E-state index in [1.807, 2.05) is 24.3 Å². The number of nitrogen functional groups attached to an aromatic ring is 1. The van der Waals surface area contributed by atoms with Crippen LogP contribution < -0.4 is 10.9 Å². The Morgan fingerprint density at radius 2 is 1.63 bits per heavy atom. The third-order valence-electron chi connectivity index (χ3n) is 2.28. The highest BCUT2D eigenvalue weighted by atomic mass is 79.9. The molecule has 0 aliphatic heterocycles. The van der Waals surface area contributed by atoms with Gasteiger partial charge in [0.05, 0.1) is 4.90 Å². The van der Waals surface area contributed by atoms with Gasteiger partial charge < -0.3 is 5.73 Å². The van der Waals surface area contributed by atoms with Crippen molar-refractivity contribution in [2.24, 2.45) is 5.14 Å². The third-order valence-corrected chi connectivity index (χ3v) is 4.68. The fourth-order valence-electron chi connectivity index (χ4n) is 1.46. The van der Waals surface area contributed by atoms with E-state index in [1.54, 1.807) is 6.07 Å². The quantitative estimate of drug-likeness (QED) is 0.825. The fraction of sp³-hybridized carbons (Fsp3) is 0. The molecule has 2 rings (SSSR count). The molecule has 0 aromatic heterocycles. The lowest BCUT2D eigenvalue weighted by Gasteiger charge is -2.06. The molecule has 2 aromatic carbocycles. The zero-order valence-electron chi connectivity index (χ0n) is 9.71. The van der Waals surface area contributed by atoms with Crippen LogP contribution in [-0.4, -0.2) is 8.42 Å². The molecule has 19 heavy (non-hydrogen) atoms. The molecule has 0 fully saturated rings. The molecule has 0 radical (unpaired) electrons. The average molecular weight is 359 g/mol. The summed E-state index contributed by atoms with van der Waals surface area (Å²) >= 11 is 4.78. The first-order chi connectivity index (χ1) is 8.84. The van der Waals surface area contributed by atoms with Crippen molar-refractivity contribution in [2.75, 3.05) is 5.73 Å². The van der Waals surface area contributed by atoms with E-state index >= 15 is 0 Å². The number of sulfonamides is 1. The van der Waals surface area contributed by atoms with Gasteiger partial charge in [-0.2, -0.15) is 0 Å². The second kappa shape index (κ2) is 5.54. The average Bonchev–Trinajstić information content (AvgIpc) is 2.30. The molecule has 4 nitrogen and oxygen atoms in total. The first-order valence-corrected chi connectivity index (χ1v) is 8.37. The highest BCUT2D eigenvalue weighted by Crippen LogP contribution is 2.31. The van der Waals surface area contributed by atoms with E-state index in [9.17, 15) is 8.42 Å². The molecule has 0 atom stereocenters. The Morgan fingerprint density at radius 1 is 1.00 bits per heavy atom. The van der Waals surface area contributed by atoms with Gasteiger partial charge in [-0.15, -0.1) is 0 Å². The van der Waals surface area contributed by atoms with Crippen molar-refractivity contribution in [3.8, 4) is 0 Å². The SMILES string of the molecule is Nc1cc(Sc2ccc(Br)cc2)cc(S(N)(=O)=O)c1. The van der Waals surface area contributed by atoms with Crippen LogP contribution in [0.25, 0.3) is 0 Å². The number of halogens is 1. The van der Waals surface area contributed by atoms with Crippen molar-refractivity contribution in [3.05, 3.63) is 46.9 Å². The van der Waals surface area contributed by atoms with Gasteiger partial charge in [0.15, 0.2) is 0 Å². The summed E-state index contributed by atoms with van der Waals surface area (Å²) in [7, 11) is -3.75. The van der Waals surface area contributed by atoms with Gasteiger partial charge in [0.2, 0.25) is 10.0 Å². The lowest BCUT2D eigenvalue weighted by atomic mass is 10.3. The summed E-state index contributed by atoms with van der Waals surface area (Å²) in [5.74, 6) is 0. The minimum absolute atomic E-state index is 0.0205. The zero-order valence-corrected chi connectivity index (χ0v) is 12.9. The van der Waals surface area contributed by atoms with Gasteiger partial charge in [0, 0.05) is 20.0 Å². The van der Waals surface area contributed by atoms with Crippen LogP contribution in [0.15, 0.2) is 61.6 Å². The largest absolute Gasteiger partial charge is 0.399 e. The molecule has 0 amide bonds. The highest BCUT2D eigenvalue weighted by molar-refractivity contribution is 9.10. The Hall–Kier alpha value is -1.02. The van der Waals surface area contributed by atoms with E-state index < -0.39 is 10.0 Å². The van der Waals surface area contributed by atoms with E-state index in [0.29, 0.717) is 5.69 Å². The van der Waals surface area contributed by atoms with Crippen LogP contribution in [0.5, 0.6) is 0 Å². The summed E-state index contributed by atoms with van der Waals surface area (Å²) in [5, 5.41) is 5.11. The van der Waals surface area contributed by atoms with Crippen LogP contribution in [0.4, 0.5) is 5.69 Å². The Labute approximate surface area is 124 Å². The summed E-state index contributed by atoms with van der Waals surface area (Å²) < 4.78 is 23.7. The fourth-order valence-corrected chi connectivity index (χ4v) is 3.31. The Balaban J connectivity index is 2.35. The van der Waals surface area contributed by atoms with Crippen molar-refractivity contribution in [3.63, 3.8) is 0 Å². The maximum Gasteiger partial charge on any atom is 0.238 e. The number of hydrogen-bond donors (Lipinski definition) is 2. The van der Waals surface area contributed by atoms with E-state index in [4.69, 9.17) is 10.9 Å². The molecular formula is C12H11BrN2O2S2. The topological polar surface area (TPSA) is 86.2 Å². The van der Waals surface area contributed by atoms with Crippen molar-refractivity contribution >= 4 is 43.4 Å². The molecule has 0 aliphatic carbocycles. The standard InChI is InChI=1S/C12H11BrN2O2S2/c13-8-1-3-10(4-2-8)18-11-5-9(14)6-12(7-11)19(15,16)17/h1-7H,14H2,(H2,15,16,17). The molecule has 0 heterocycles. The lowest BCUT2D eigenvalue weighted by Crippen LogP contribution is -2.12. The molecule has 0 aliphatic rings. The molecule has 4 N–H and O–H groups in total. The molecular weight excluding hydrogens is 348 g/mol. The molecule has 0 saturated carbocycles. The van der Waals surface area contributed by atoms with E-state index in [0.717, 1.165) is 14.3 Å². The first kappa shape index (κ1) is 14.4. The van der Waals surface area contributed by atoms with Crippen molar-refractivity contribution in [2.45, 2.75) is 14.7 Å². The van der Waals surface area contributed by atoms with Crippen molar-refractivity contribution < 1.29 is 8.42 Å². The number of rotatable bonds is 3. The second-order valence-electron chi connectivity index (χ2n) is 3.84. The van der Waals surface area contributed by atoms with Gasteiger partial charge in [0.25, 0.3) is 0 Å². The molecule has 0 bridgehead atoms. The predicted molar refractivity (Wildman–Crippen MR) is 80.5 cm³/mol. The first-order valence-electron chi connectivity index (χ1n) is 5.21. The second-order valence-corrected chi connectivity index (χ2v) is 7.46. The van der Waals surface area contributed by atoms with Crippen LogP contribution in [0.2, 0.25) is 0 Å². The number of primary sulfonamides is 1. The summed E-state index contributed by atoms with van der Waals surface area (Å²) in [5.41, 5.74) is 6.06.